The summed E-state index contributed by atoms with van der Waals surface area (Å²) >= 11 is 0. The Bertz CT molecular complexity index is 1160. The molecule has 2 aliphatic heterocycles. The number of hydrogen-bond acceptors (Lipinski definition) is 9. The fourth-order valence-corrected chi connectivity index (χ4v) is 4.43. The fraction of sp³-hybridized carbons (Fsp3) is 0.500. The van der Waals surface area contributed by atoms with Crippen molar-refractivity contribution in [2.75, 3.05) is 62.6 Å². The summed E-state index contributed by atoms with van der Waals surface area (Å²) in [4.78, 5) is 26.5. The Balaban J connectivity index is 0.00000289. The molecule has 2 aliphatic rings. The summed E-state index contributed by atoms with van der Waals surface area (Å²) < 4.78 is 5.92. The third-order valence-electron chi connectivity index (χ3n) is 6.57. The van der Waals surface area contributed by atoms with Crippen LogP contribution in [0.3, 0.4) is 0 Å². The van der Waals surface area contributed by atoms with Crippen molar-refractivity contribution in [2.45, 2.75) is 19.8 Å². The molecule has 188 valence electrons. The van der Waals surface area contributed by atoms with Gasteiger partial charge < -0.3 is 20.3 Å². The molecule has 0 saturated carbocycles. The maximum Gasteiger partial charge on any atom is 0.277 e. The summed E-state index contributed by atoms with van der Waals surface area (Å²) in [6.45, 7) is 9.86. The number of nitrogens with zero attached hydrogens (tertiary/aromatic N) is 5. The summed E-state index contributed by atoms with van der Waals surface area (Å²) in [7, 11) is 0. The van der Waals surface area contributed by atoms with E-state index in [2.05, 4.69) is 42.5 Å². The highest BCUT2D eigenvalue weighted by Crippen LogP contribution is 2.27. The first kappa shape index (κ1) is 25.2. The van der Waals surface area contributed by atoms with E-state index >= 15 is 0 Å². The Kier molecular flexibility index (Phi) is 8.37. The Morgan fingerprint density at radius 3 is 2.57 bits per heavy atom. The lowest BCUT2D eigenvalue weighted by Crippen LogP contribution is -2.44. The van der Waals surface area contributed by atoms with Crippen molar-refractivity contribution in [2.24, 2.45) is 5.92 Å². The minimum absolute atomic E-state index is 0. The third kappa shape index (κ3) is 6.19. The van der Waals surface area contributed by atoms with Crippen LogP contribution in [-0.4, -0.2) is 77.5 Å². The third-order valence-corrected chi connectivity index (χ3v) is 6.57. The van der Waals surface area contributed by atoms with Crippen molar-refractivity contribution >= 4 is 40.8 Å². The van der Waals surface area contributed by atoms with Crippen LogP contribution in [0.2, 0.25) is 0 Å². The van der Waals surface area contributed by atoms with Crippen LogP contribution in [0.5, 0.6) is 5.75 Å². The van der Waals surface area contributed by atoms with Gasteiger partial charge in [-0.1, -0.05) is 6.92 Å². The quantitative estimate of drug-likeness (QED) is 0.450. The van der Waals surface area contributed by atoms with Gasteiger partial charge in [0.05, 0.1) is 6.20 Å². The Morgan fingerprint density at radius 1 is 1.09 bits per heavy atom. The fourth-order valence-electron chi connectivity index (χ4n) is 4.43. The maximum atomic E-state index is 12.5. The molecule has 2 aromatic heterocycles. The van der Waals surface area contributed by atoms with Crippen LogP contribution in [0, 0.1) is 5.92 Å². The van der Waals surface area contributed by atoms with Crippen LogP contribution in [0.15, 0.2) is 35.3 Å². The standard InChI is InChI=1S/C24H32N8O2.ClH/c1-17-6-10-32(11-7-17)24-28-20-16-26-30-23(33)21(20)22(29-24)27-18-2-4-19(5-3-18)34-15-14-31-12-8-25-9-13-31;/h2-5,16-17,25H,6-15H2,1H3,(H,30,33)(H,27,28,29);1H. The van der Waals surface area contributed by atoms with E-state index in [0.717, 1.165) is 70.1 Å². The van der Waals surface area contributed by atoms with Gasteiger partial charge in [0.15, 0.2) is 0 Å². The molecule has 11 heteroatoms. The number of rotatable bonds is 7. The zero-order valence-electron chi connectivity index (χ0n) is 20.0. The minimum Gasteiger partial charge on any atom is -0.492 e. The molecule has 0 amide bonds. The van der Waals surface area contributed by atoms with Crippen LogP contribution >= 0.6 is 12.4 Å². The largest absolute Gasteiger partial charge is 0.492 e. The van der Waals surface area contributed by atoms with Gasteiger partial charge in [-0.2, -0.15) is 10.1 Å². The molecular weight excluding hydrogens is 468 g/mol. The van der Waals surface area contributed by atoms with E-state index < -0.39 is 0 Å². The molecule has 5 rings (SSSR count). The number of nitrogens with one attached hydrogen (secondary N) is 3. The number of ether oxygens (including phenoxy) is 1. The monoisotopic (exact) mass is 500 g/mol. The Hall–Kier alpha value is -2.95. The van der Waals surface area contributed by atoms with Crippen LogP contribution < -0.4 is 25.8 Å². The van der Waals surface area contributed by atoms with E-state index in [1.54, 1.807) is 6.20 Å². The zero-order valence-corrected chi connectivity index (χ0v) is 20.8. The van der Waals surface area contributed by atoms with E-state index in [-0.39, 0.29) is 18.0 Å². The number of fused-ring (bicyclic) bond motifs is 1. The maximum absolute atomic E-state index is 12.5. The molecule has 0 aliphatic carbocycles. The highest BCUT2D eigenvalue weighted by atomic mass is 35.5. The first-order chi connectivity index (χ1) is 16.7. The van der Waals surface area contributed by atoms with Gasteiger partial charge in [-0.15, -0.1) is 12.4 Å². The molecule has 0 atom stereocenters. The summed E-state index contributed by atoms with van der Waals surface area (Å²) in [5, 5.41) is 13.5. The van der Waals surface area contributed by atoms with E-state index in [4.69, 9.17) is 9.72 Å². The molecular formula is C24H33ClN8O2. The number of aromatic nitrogens is 4. The molecule has 1 aromatic carbocycles. The predicted molar refractivity (Wildman–Crippen MR) is 140 cm³/mol. The van der Waals surface area contributed by atoms with E-state index in [1.165, 1.54) is 0 Å². The van der Waals surface area contributed by atoms with Gasteiger partial charge >= 0.3 is 0 Å². The number of anilines is 3. The van der Waals surface area contributed by atoms with Crippen molar-refractivity contribution < 1.29 is 4.74 Å². The average Bonchev–Trinajstić information content (AvgIpc) is 2.86. The molecule has 10 nitrogen and oxygen atoms in total. The average molecular weight is 501 g/mol. The van der Waals surface area contributed by atoms with Gasteiger partial charge in [0.25, 0.3) is 5.56 Å². The SMILES string of the molecule is CC1CCN(c2nc(Nc3ccc(OCCN4CCNCC4)cc3)c3c(=O)[nH]ncc3n2)CC1.Cl. The molecule has 35 heavy (non-hydrogen) atoms. The van der Waals surface area contributed by atoms with E-state index in [1.807, 2.05) is 24.3 Å². The van der Waals surface area contributed by atoms with Crippen LogP contribution in [0.1, 0.15) is 19.8 Å². The van der Waals surface area contributed by atoms with Gasteiger partial charge in [0.2, 0.25) is 5.95 Å². The number of benzene rings is 1. The Morgan fingerprint density at radius 2 is 1.83 bits per heavy atom. The second-order valence-electron chi connectivity index (χ2n) is 9.09. The molecule has 0 bridgehead atoms. The first-order valence-corrected chi connectivity index (χ1v) is 12.1. The normalized spacial score (nSPS) is 17.2. The highest BCUT2D eigenvalue weighted by molar-refractivity contribution is 5.90. The molecule has 2 saturated heterocycles. The zero-order chi connectivity index (χ0) is 23.3. The van der Waals surface area contributed by atoms with Crippen LogP contribution in [-0.2, 0) is 0 Å². The van der Waals surface area contributed by atoms with E-state index in [9.17, 15) is 4.79 Å². The molecule has 3 aromatic rings. The van der Waals surface area contributed by atoms with E-state index in [0.29, 0.717) is 35.2 Å². The second kappa shape index (κ2) is 11.7. The van der Waals surface area contributed by atoms with Crippen molar-refractivity contribution in [1.82, 2.24) is 30.4 Å². The Labute approximate surface area is 210 Å². The highest BCUT2D eigenvalue weighted by Gasteiger charge is 2.21. The van der Waals surface area contributed by atoms with Gasteiger partial charge in [0, 0.05) is 51.5 Å². The summed E-state index contributed by atoms with van der Waals surface area (Å²) in [6.07, 6.45) is 3.79. The molecule has 4 heterocycles. The number of piperazine rings is 1. The van der Waals surface area contributed by atoms with Crippen LogP contribution in [0.25, 0.3) is 10.9 Å². The molecule has 3 N–H and O–H groups in total. The summed E-state index contributed by atoms with van der Waals surface area (Å²) in [5.41, 5.74) is 1.04. The van der Waals surface area contributed by atoms with Crippen molar-refractivity contribution in [3.05, 3.63) is 40.8 Å². The lowest BCUT2D eigenvalue weighted by molar-refractivity contribution is 0.191. The topological polar surface area (TPSA) is 111 Å². The molecule has 0 unspecified atom stereocenters. The molecule has 0 spiro atoms. The van der Waals surface area contributed by atoms with Crippen molar-refractivity contribution in [1.29, 1.82) is 0 Å². The molecule has 0 radical (unpaired) electrons. The lowest BCUT2D eigenvalue weighted by Gasteiger charge is -2.30. The minimum atomic E-state index is -0.313. The summed E-state index contributed by atoms with van der Waals surface area (Å²) in [5.74, 6) is 2.63. The number of piperidine rings is 1. The van der Waals surface area contributed by atoms with Gasteiger partial charge in [-0.3, -0.25) is 9.69 Å². The van der Waals surface area contributed by atoms with Gasteiger partial charge in [0.1, 0.15) is 29.1 Å². The smallest absolute Gasteiger partial charge is 0.277 e. The van der Waals surface area contributed by atoms with Gasteiger partial charge in [-0.05, 0) is 43.0 Å². The van der Waals surface area contributed by atoms with Crippen molar-refractivity contribution in [3.63, 3.8) is 0 Å². The number of hydrogen-bond donors (Lipinski definition) is 3. The first-order valence-electron chi connectivity index (χ1n) is 12.1. The van der Waals surface area contributed by atoms with Gasteiger partial charge in [-0.25, -0.2) is 10.1 Å². The predicted octanol–water partition coefficient (Wildman–Crippen LogP) is 2.40. The number of aromatic amines is 1. The lowest BCUT2D eigenvalue weighted by atomic mass is 10.00. The summed E-state index contributed by atoms with van der Waals surface area (Å²) in [6, 6.07) is 7.74. The number of halogens is 1. The second-order valence-corrected chi connectivity index (χ2v) is 9.09. The van der Waals surface area contributed by atoms with Crippen LogP contribution in [0.4, 0.5) is 17.5 Å². The van der Waals surface area contributed by atoms with Crippen molar-refractivity contribution in [3.8, 4) is 5.75 Å². The molecule has 2 fully saturated rings. The number of H-pyrrole nitrogens is 1.